The maximum atomic E-state index is 11.6. The fourth-order valence-electron chi connectivity index (χ4n) is 2.65. The summed E-state index contributed by atoms with van der Waals surface area (Å²) in [6.07, 6.45) is 6.39. The van der Waals surface area contributed by atoms with E-state index in [9.17, 15) is 4.79 Å². The summed E-state index contributed by atoms with van der Waals surface area (Å²) < 4.78 is 5.59. The first-order valence-electron chi connectivity index (χ1n) is 6.66. The number of carbonyl (C=O) groups is 1. The van der Waals surface area contributed by atoms with Crippen molar-refractivity contribution < 1.29 is 9.53 Å². The zero-order chi connectivity index (χ0) is 12.8. The summed E-state index contributed by atoms with van der Waals surface area (Å²) in [7, 11) is 0. The van der Waals surface area contributed by atoms with Gasteiger partial charge in [-0.15, -0.1) is 6.58 Å². The van der Waals surface area contributed by atoms with Gasteiger partial charge in [0.25, 0.3) is 0 Å². The van der Waals surface area contributed by atoms with Gasteiger partial charge in [-0.05, 0) is 24.8 Å². The van der Waals surface area contributed by atoms with E-state index in [-0.39, 0.29) is 12.1 Å². The van der Waals surface area contributed by atoms with Gasteiger partial charge in [-0.1, -0.05) is 42.8 Å². The molecule has 0 saturated heterocycles. The minimum atomic E-state index is -0.155. The Labute approximate surface area is 109 Å². The van der Waals surface area contributed by atoms with Gasteiger partial charge in [-0.25, -0.2) is 0 Å². The largest absolute Gasteiger partial charge is 0.461 e. The van der Waals surface area contributed by atoms with Gasteiger partial charge < -0.3 is 4.74 Å². The third-order valence-corrected chi connectivity index (χ3v) is 3.52. The predicted octanol–water partition coefficient (Wildman–Crippen LogP) is 3.83. The first kappa shape index (κ1) is 12.9. The van der Waals surface area contributed by atoms with Crippen LogP contribution in [0, 0.1) is 0 Å². The number of esters is 1. The van der Waals surface area contributed by atoms with E-state index in [4.69, 9.17) is 4.74 Å². The zero-order valence-corrected chi connectivity index (χ0v) is 10.7. The molecule has 1 aromatic carbocycles. The zero-order valence-electron chi connectivity index (χ0n) is 10.7. The SMILES string of the molecule is C=CCC(=O)O[C@@H]1CCCC[C@H]1c1ccccc1. The summed E-state index contributed by atoms with van der Waals surface area (Å²) >= 11 is 0. The molecule has 0 N–H and O–H groups in total. The van der Waals surface area contributed by atoms with Gasteiger partial charge in [0.05, 0.1) is 6.42 Å². The first-order chi connectivity index (χ1) is 8.81. The van der Waals surface area contributed by atoms with Crippen LogP contribution in [0.25, 0.3) is 0 Å². The minimum Gasteiger partial charge on any atom is -0.461 e. The molecule has 0 aliphatic heterocycles. The third-order valence-electron chi connectivity index (χ3n) is 3.52. The van der Waals surface area contributed by atoms with Gasteiger partial charge in [0.1, 0.15) is 6.10 Å². The van der Waals surface area contributed by atoms with Crippen LogP contribution in [0.15, 0.2) is 43.0 Å². The average molecular weight is 244 g/mol. The standard InChI is InChI=1S/C16H20O2/c1-2-8-16(17)18-15-12-7-6-11-14(15)13-9-4-3-5-10-13/h2-5,9-10,14-15H,1,6-8,11-12H2/t14-,15+/m0/s1. The Bertz CT molecular complexity index is 397. The summed E-state index contributed by atoms with van der Waals surface area (Å²) in [4.78, 5) is 11.6. The molecule has 2 atom stereocenters. The number of benzene rings is 1. The lowest BCUT2D eigenvalue weighted by Gasteiger charge is -2.31. The summed E-state index contributed by atoms with van der Waals surface area (Å²) in [6.45, 7) is 3.57. The minimum absolute atomic E-state index is 0.0357. The molecule has 1 saturated carbocycles. The number of carbonyl (C=O) groups excluding carboxylic acids is 1. The molecule has 0 unspecified atom stereocenters. The van der Waals surface area contributed by atoms with Crippen LogP contribution in [0.2, 0.25) is 0 Å². The number of rotatable bonds is 4. The molecule has 0 aromatic heterocycles. The second kappa shape index (κ2) is 6.39. The normalized spacial score (nSPS) is 23.3. The highest BCUT2D eigenvalue weighted by molar-refractivity contribution is 5.71. The molecular weight excluding hydrogens is 224 g/mol. The van der Waals surface area contributed by atoms with Crippen LogP contribution in [0.3, 0.4) is 0 Å². The van der Waals surface area contributed by atoms with Gasteiger partial charge in [0, 0.05) is 5.92 Å². The van der Waals surface area contributed by atoms with Gasteiger partial charge in [-0.2, -0.15) is 0 Å². The summed E-state index contributed by atoms with van der Waals surface area (Å²) in [5.74, 6) is 0.201. The third kappa shape index (κ3) is 3.22. The lowest BCUT2D eigenvalue weighted by Crippen LogP contribution is -2.28. The first-order valence-corrected chi connectivity index (χ1v) is 6.66. The molecule has 2 nitrogen and oxygen atoms in total. The number of ether oxygens (including phenoxy) is 1. The van der Waals surface area contributed by atoms with E-state index in [0.717, 1.165) is 19.3 Å². The van der Waals surface area contributed by atoms with Crippen LogP contribution in [0.1, 0.15) is 43.6 Å². The van der Waals surface area contributed by atoms with Crippen molar-refractivity contribution in [1.29, 1.82) is 0 Å². The molecular formula is C16H20O2. The van der Waals surface area contributed by atoms with Crippen molar-refractivity contribution in [1.82, 2.24) is 0 Å². The number of hydrogen-bond donors (Lipinski definition) is 0. The van der Waals surface area contributed by atoms with Crippen molar-refractivity contribution in [3.63, 3.8) is 0 Å². The summed E-state index contributed by atoms with van der Waals surface area (Å²) in [5.41, 5.74) is 1.29. The van der Waals surface area contributed by atoms with E-state index < -0.39 is 0 Å². The quantitative estimate of drug-likeness (QED) is 0.594. The predicted molar refractivity (Wildman–Crippen MR) is 72.3 cm³/mol. The van der Waals surface area contributed by atoms with Crippen LogP contribution in [-0.4, -0.2) is 12.1 Å². The molecule has 0 heterocycles. The van der Waals surface area contributed by atoms with E-state index in [0.29, 0.717) is 12.3 Å². The van der Waals surface area contributed by atoms with Crippen LogP contribution < -0.4 is 0 Å². The maximum absolute atomic E-state index is 11.6. The average Bonchev–Trinajstić information content (AvgIpc) is 2.40. The highest BCUT2D eigenvalue weighted by atomic mass is 16.5. The van der Waals surface area contributed by atoms with Crippen LogP contribution >= 0.6 is 0 Å². The molecule has 1 aromatic rings. The smallest absolute Gasteiger partial charge is 0.309 e. The Kier molecular flexibility index (Phi) is 4.57. The Balaban J connectivity index is 2.06. The second-order valence-electron chi connectivity index (χ2n) is 4.82. The molecule has 1 aliphatic carbocycles. The van der Waals surface area contributed by atoms with E-state index in [1.54, 1.807) is 6.08 Å². The molecule has 1 aliphatic rings. The lowest BCUT2D eigenvalue weighted by atomic mass is 9.81. The van der Waals surface area contributed by atoms with Crippen molar-refractivity contribution in [3.8, 4) is 0 Å². The molecule has 0 radical (unpaired) electrons. The highest BCUT2D eigenvalue weighted by Crippen LogP contribution is 2.35. The number of hydrogen-bond acceptors (Lipinski definition) is 2. The summed E-state index contributed by atoms with van der Waals surface area (Å²) in [6, 6.07) is 10.4. The van der Waals surface area contributed by atoms with Gasteiger partial charge in [0.2, 0.25) is 0 Å². The van der Waals surface area contributed by atoms with Gasteiger partial charge >= 0.3 is 5.97 Å². The van der Waals surface area contributed by atoms with E-state index in [1.807, 2.05) is 18.2 Å². The van der Waals surface area contributed by atoms with Crippen LogP contribution in [0.5, 0.6) is 0 Å². The molecule has 1 fully saturated rings. The molecule has 2 heteroatoms. The van der Waals surface area contributed by atoms with Gasteiger partial charge in [0.15, 0.2) is 0 Å². The van der Waals surface area contributed by atoms with E-state index in [2.05, 4.69) is 18.7 Å². The van der Waals surface area contributed by atoms with E-state index in [1.165, 1.54) is 12.0 Å². The van der Waals surface area contributed by atoms with Crippen molar-refractivity contribution in [3.05, 3.63) is 48.6 Å². The topological polar surface area (TPSA) is 26.3 Å². The maximum Gasteiger partial charge on any atom is 0.309 e. The Hall–Kier alpha value is -1.57. The van der Waals surface area contributed by atoms with E-state index >= 15 is 0 Å². The molecule has 96 valence electrons. The Morgan fingerprint density at radius 1 is 1.28 bits per heavy atom. The van der Waals surface area contributed by atoms with Crippen molar-refractivity contribution in [2.75, 3.05) is 0 Å². The lowest BCUT2D eigenvalue weighted by molar-refractivity contribution is -0.150. The monoisotopic (exact) mass is 244 g/mol. The molecule has 0 spiro atoms. The fraction of sp³-hybridized carbons (Fsp3) is 0.438. The Morgan fingerprint density at radius 3 is 2.72 bits per heavy atom. The fourth-order valence-corrected chi connectivity index (χ4v) is 2.65. The van der Waals surface area contributed by atoms with Crippen LogP contribution in [-0.2, 0) is 9.53 Å². The van der Waals surface area contributed by atoms with Crippen molar-refractivity contribution in [2.24, 2.45) is 0 Å². The summed E-state index contributed by atoms with van der Waals surface area (Å²) in [5, 5.41) is 0. The Morgan fingerprint density at radius 2 is 2.00 bits per heavy atom. The molecule has 0 amide bonds. The highest BCUT2D eigenvalue weighted by Gasteiger charge is 2.29. The van der Waals surface area contributed by atoms with Crippen molar-refractivity contribution in [2.45, 2.75) is 44.1 Å². The molecule has 2 rings (SSSR count). The molecule has 0 bridgehead atoms. The second-order valence-corrected chi connectivity index (χ2v) is 4.82. The van der Waals surface area contributed by atoms with Gasteiger partial charge in [-0.3, -0.25) is 4.79 Å². The molecule has 18 heavy (non-hydrogen) atoms. The van der Waals surface area contributed by atoms with Crippen molar-refractivity contribution >= 4 is 5.97 Å². The van der Waals surface area contributed by atoms with Crippen LogP contribution in [0.4, 0.5) is 0 Å².